The quantitative estimate of drug-likeness (QED) is 0.637. The third-order valence-electron chi connectivity index (χ3n) is 1.84. The molecule has 108 valence electrons. The predicted octanol–water partition coefficient (Wildman–Crippen LogP) is -0.729. The van der Waals surface area contributed by atoms with E-state index in [9.17, 15) is 13.2 Å². The Labute approximate surface area is 108 Å². The number of nitrogens with two attached hydrogens (primary N) is 1. The van der Waals surface area contributed by atoms with Crippen molar-refractivity contribution in [1.29, 1.82) is 0 Å². The highest BCUT2D eigenvalue weighted by Gasteiger charge is 2.23. The van der Waals surface area contributed by atoms with E-state index in [1.807, 2.05) is 0 Å². The van der Waals surface area contributed by atoms with E-state index in [-0.39, 0.29) is 13.2 Å². The third kappa shape index (κ3) is 6.74. The van der Waals surface area contributed by atoms with Gasteiger partial charge in [0.05, 0.1) is 12.7 Å². The number of ether oxygens (including phenoxy) is 2. The van der Waals surface area contributed by atoms with Gasteiger partial charge in [0.1, 0.15) is 0 Å². The highest BCUT2D eigenvalue weighted by atomic mass is 32.2. The van der Waals surface area contributed by atoms with E-state index < -0.39 is 28.4 Å². The highest BCUT2D eigenvalue weighted by Crippen LogP contribution is 1.98. The summed E-state index contributed by atoms with van der Waals surface area (Å²) in [5.74, 6) is 0. The Balaban J connectivity index is 4.40. The second-order valence-electron chi connectivity index (χ2n) is 4.06. The van der Waals surface area contributed by atoms with Gasteiger partial charge in [0, 0.05) is 26.7 Å². The molecule has 0 saturated heterocycles. The van der Waals surface area contributed by atoms with E-state index in [1.165, 1.54) is 14.2 Å². The Morgan fingerprint density at radius 2 is 2.00 bits per heavy atom. The Bertz CT molecular complexity index is 357. The van der Waals surface area contributed by atoms with Crippen LogP contribution in [0.2, 0.25) is 0 Å². The molecule has 1 unspecified atom stereocenters. The molecule has 1 amide bonds. The minimum absolute atomic E-state index is 0.0259. The van der Waals surface area contributed by atoms with Gasteiger partial charge in [0.15, 0.2) is 0 Å². The lowest BCUT2D eigenvalue weighted by atomic mass is 10.3. The Hall–Kier alpha value is -0.900. The zero-order valence-corrected chi connectivity index (χ0v) is 11.9. The van der Waals surface area contributed by atoms with Crippen LogP contribution < -0.4 is 10.5 Å². The van der Waals surface area contributed by atoms with E-state index in [1.54, 1.807) is 18.6 Å². The molecular formula is C9H21N3O5S. The Morgan fingerprint density at radius 1 is 1.44 bits per heavy atom. The monoisotopic (exact) mass is 283 g/mol. The van der Waals surface area contributed by atoms with Gasteiger partial charge in [-0.15, -0.1) is 0 Å². The molecule has 0 spiro atoms. The first kappa shape index (κ1) is 17.1. The normalized spacial score (nSPS) is 13.7. The minimum atomic E-state index is -3.95. The number of hydrogen-bond donors (Lipinski definition) is 2. The van der Waals surface area contributed by atoms with Crippen LogP contribution in [0.25, 0.3) is 0 Å². The van der Waals surface area contributed by atoms with E-state index >= 15 is 0 Å². The van der Waals surface area contributed by atoms with Gasteiger partial charge in [-0.3, -0.25) is 0 Å². The van der Waals surface area contributed by atoms with Crippen LogP contribution in [-0.4, -0.2) is 58.3 Å². The van der Waals surface area contributed by atoms with Crippen LogP contribution >= 0.6 is 0 Å². The molecule has 0 rings (SSSR count). The van der Waals surface area contributed by atoms with Gasteiger partial charge in [-0.2, -0.15) is 12.7 Å². The largest absolute Gasteiger partial charge is 0.446 e. The van der Waals surface area contributed by atoms with Crippen LogP contribution in [-0.2, 0) is 19.7 Å². The molecule has 0 radical (unpaired) electrons. The maximum atomic E-state index is 11.7. The number of likely N-dealkylation sites (N-methyl/N-ethyl adjacent to an activating group) is 1. The summed E-state index contributed by atoms with van der Waals surface area (Å²) in [5.41, 5.74) is 5.62. The average molecular weight is 283 g/mol. The van der Waals surface area contributed by atoms with Crippen molar-refractivity contribution in [3.63, 3.8) is 0 Å². The summed E-state index contributed by atoms with van der Waals surface area (Å²) in [6, 6.07) is -0.474. The van der Waals surface area contributed by atoms with Crippen molar-refractivity contribution in [2.24, 2.45) is 5.73 Å². The zero-order valence-electron chi connectivity index (χ0n) is 11.0. The molecule has 0 fully saturated rings. The van der Waals surface area contributed by atoms with Crippen molar-refractivity contribution in [3.05, 3.63) is 0 Å². The molecule has 8 nitrogen and oxygen atoms in total. The van der Waals surface area contributed by atoms with Gasteiger partial charge in [0.25, 0.3) is 0 Å². The SMILES string of the molecule is COCC(N)CN(C)S(=O)(=O)NC(=O)OC(C)C. The average Bonchev–Trinajstić information content (AvgIpc) is 2.14. The lowest BCUT2D eigenvalue weighted by Crippen LogP contribution is -2.47. The molecule has 9 heteroatoms. The smallest absolute Gasteiger partial charge is 0.422 e. The van der Waals surface area contributed by atoms with Crippen LogP contribution in [0.3, 0.4) is 0 Å². The van der Waals surface area contributed by atoms with Crippen molar-refractivity contribution in [1.82, 2.24) is 9.03 Å². The first-order valence-electron chi connectivity index (χ1n) is 5.38. The van der Waals surface area contributed by atoms with Crippen molar-refractivity contribution < 1.29 is 22.7 Å². The standard InChI is InChI=1S/C9H21N3O5S/c1-7(2)17-9(13)11-18(14,15)12(3)5-8(10)6-16-4/h7-8H,5-6,10H2,1-4H3,(H,11,13). The van der Waals surface area contributed by atoms with E-state index in [0.29, 0.717) is 0 Å². The third-order valence-corrected chi connectivity index (χ3v) is 3.23. The summed E-state index contributed by atoms with van der Waals surface area (Å²) < 4.78 is 35.5. The topological polar surface area (TPSA) is 111 Å². The second-order valence-corrected chi connectivity index (χ2v) is 5.83. The number of carbonyl (C=O) groups excluding carboxylic acids is 1. The molecule has 0 saturated carbocycles. The van der Waals surface area contributed by atoms with Crippen LogP contribution in [0.15, 0.2) is 0 Å². The Morgan fingerprint density at radius 3 is 2.44 bits per heavy atom. The van der Waals surface area contributed by atoms with Gasteiger partial charge >= 0.3 is 16.3 Å². The van der Waals surface area contributed by atoms with E-state index in [2.05, 4.69) is 4.74 Å². The van der Waals surface area contributed by atoms with E-state index in [4.69, 9.17) is 10.5 Å². The predicted molar refractivity (Wildman–Crippen MR) is 66.2 cm³/mol. The first-order chi connectivity index (χ1) is 8.19. The summed E-state index contributed by atoms with van der Waals surface area (Å²) in [4.78, 5) is 11.2. The number of hydrogen-bond acceptors (Lipinski definition) is 6. The number of nitrogens with one attached hydrogen (secondary N) is 1. The van der Waals surface area contributed by atoms with Gasteiger partial charge in [-0.05, 0) is 13.8 Å². The molecule has 0 heterocycles. The van der Waals surface area contributed by atoms with Gasteiger partial charge in [-0.1, -0.05) is 0 Å². The van der Waals surface area contributed by atoms with Gasteiger partial charge in [-0.25, -0.2) is 9.52 Å². The molecule has 18 heavy (non-hydrogen) atoms. The van der Waals surface area contributed by atoms with Crippen LogP contribution in [0.5, 0.6) is 0 Å². The van der Waals surface area contributed by atoms with E-state index in [0.717, 1.165) is 4.31 Å². The molecular weight excluding hydrogens is 262 g/mol. The number of nitrogens with zero attached hydrogens (tertiary/aromatic N) is 1. The zero-order chi connectivity index (χ0) is 14.3. The molecule has 1 atom stereocenters. The molecule has 0 bridgehead atoms. The lowest BCUT2D eigenvalue weighted by molar-refractivity contribution is 0.121. The summed E-state index contributed by atoms with van der Waals surface area (Å²) in [7, 11) is -1.17. The summed E-state index contributed by atoms with van der Waals surface area (Å²) >= 11 is 0. The van der Waals surface area contributed by atoms with Crippen molar-refractivity contribution >= 4 is 16.3 Å². The number of amides is 1. The van der Waals surface area contributed by atoms with Gasteiger partial charge < -0.3 is 15.2 Å². The second kappa shape index (κ2) is 7.52. The fourth-order valence-corrected chi connectivity index (χ4v) is 1.92. The van der Waals surface area contributed by atoms with Crippen molar-refractivity contribution in [3.8, 4) is 0 Å². The number of rotatable bonds is 7. The summed E-state index contributed by atoms with van der Waals surface area (Å²) in [6.07, 6.45) is -1.42. The molecule has 0 aromatic rings. The highest BCUT2D eigenvalue weighted by molar-refractivity contribution is 7.87. The fraction of sp³-hybridized carbons (Fsp3) is 0.889. The molecule has 0 aromatic heterocycles. The number of carbonyl (C=O) groups is 1. The number of methoxy groups -OCH3 is 1. The lowest BCUT2D eigenvalue weighted by Gasteiger charge is -2.21. The molecule has 0 aliphatic heterocycles. The van der Waals surface area contributed by atoms with Crippen molar-refractivity contribution in [2.75, 3.05) is 27.3 Å². The van der Waals surface area contributed by atoms with Crippen LogP contribution in [0, 0.1) is 0 Å². The summed E-state index contributed by atoms with van der Waals surface area (Å²) in [5, 5.41) is 0. The maximum Gasteiger partial charge on any atom is 0.422 e. The maximum absolute atomic E-state index is 11.7. The van der Waals surface area contributed by atoms with Crippen molar-refractivity contribution in [2.45, 2.75) is 26.0 Å². The van der Waals surface area contributed by atoms with Gasteiger partial charge in [0.2, 0.25) is 0 Å². The van der Waals surface area contributed by atoms with Crippen LogP contribution in [0.4, 0.5) is 4.79 Å². The molecule has 0 aromatic carbocycles. The molecule has 3 N–H and O–H groups in total. The summed E-state index contributed by atoms with van der Waals surface area (Å²) in [6.45, 7) is 3.48. The fourth-order valence-electron chi connectivity index (χ4n) is 1.12. The van der Waals surface area contributed by atoms with Crippen LogP contribution in [0.1, 0.15) is 13.8 Å². The molecule has 0 aliphatic rings. The Kier molecular flexibility index (Phi) is 7.14. The minimum Gasteiger partial charge on any atom is -0.446 e. The first-order valence-corrected chi connectivity index (χ1v) is 6.82. The molecule has 0 aliphatic carbocycles.